The Bertz CT molecular complexity index is 597. The molecular formula is C13H15N3O5. The van der Waals surface area contributed by atoms with E-state index in [-0.39, 0.29) is 35.9 Å². The molecule has 1 fully saturated rings. The molecule has 112 valence electrons. The fourth-order valence-electron chi connectivity index (χ4n) is 2.16. The van der Waals surface area contributed by atoms with Crippen LogP contribution in [0.3, 0.4) is 0 Å². The third kappa shape index (κ3) is 3.47. The molecule has 1 amide bonds. The number of nitro benzene ring substituents is 1. The standard InChI is InChI=1S/C13H15N3O5/c14-13(19)8-1-4-10(16(20)21)11(7-8)15(9-2-3-9)6-5-12(17)18/h1,4,7,9H,2-3,5-6H2,(H2,14,19)(H,17,18). The largest absolute Gasteiger partial charge is 0.481 e. The number of nitrogens with two attached hydrogens (primary N) is 1. The number of rotatable bonds is 7. The van der Waals surface area contributed by atoms with E-state index in [9.17, 15) is 19.7 Å². The lowest BCUT2D eigenvalue weighted by molar-refractivity contribution is -0.384. The van der Waals surface area contributed by atoms with Crippen LogP contribution in [0.4, 0.5) is 11.4 Å². The number of carboxylic acids is 1. The number of nitrogens with zero attached hydrogens (tertiary/aromatic N) is 2. The predicted molar refractivity (Wildman–Crippen MR) is 74.2 cm³/mol. The van der Waals surface area contributed by atoms with E-state index in [4.69, 9.17) is 10.8 Å². The number of primary amides is 1. The second-order valence-corrected chi connectivity index (χ2v) is 4.89. The molecule has 0 radical (unpaired) electrons. The van der Waals surface area contributed by atoms with Gasteiger partial charge in [-0.15, -0.1) is 0 Å². The highest BCUT2D eigenvalue weighted by atomic mass is 16.6. The third-order valence-corrected chi connectivity index (χ3v) is 3.32. The molecule has 0 heterocycles. The SMILES string of the molecule is NC(=O)c1ccc([N+](=O)[O-])c(N(CCC(=O)O)C2CC2)c1. The van der Waals surface area contributed by atoms with Gasteiger partial charge in [-0.25, -0.2) is 0 Å². The molecule has 0 aliphatic heterocycles. The summed E-state index contributed by atoms with van der Waals surface area (Å²) in [5, 5.41) is 19.9. The molecule has 8 heteroatoms. The quantitative estimate of drug-likeness (QED) is 0.573. The molecule has 1 aliphatic rings. The van der Waals surface area contributed by atoms with Gasteiger partial charge in [-0.1, -0.05) is 0 Å². The molecule has 0 saturated heterocycles. The van der Waals surface area contributed by atoms with Gasteiger partial charge < -0.3 is 15.7 Å². The van der Waals surface area contributed by atoms with Crippen LogP contribution in [0.5, 0.6) is 0 Å². The van der Waals surface area contributed by atoms with Gasteiger partial charge in [-0.05, 0) is 25.0 Å². The molecule has 0 unspecified atom stereocenters. The molecule has 1 aromatic carbocycles. The number of amides is 1. The third-order valence-electron chi connectivity index (χ3n) is 3.32. The number of hydrogen-bond donors (Lipinski definition) is 2. The van der Waals surface area contributed by atoms with Crippen LogP contribution >= 0.6 is 0 Å². The maximum absolute atomic E-state index is 11.2. The summed E-state index contributed by atoms with van der Waals surface area (Å²) in [4.78, 5) is 34.3. The summed E-state index contributed by atoms with van der Waals surface area (Å²) in [6.45, 7) is 0.156. The number of aliphatic carboxylic acids is 1. The van der Waals surface area contributed by atoms with Crippen LogP contribution in [-0.2, 0) is 4.79 Å². The molecule has 1 aliphatic carbocycles. The second kappa shape index (κ2) is 5.78. The van der Waals surface area contributed by atoms with Crippen LogP contribution in [-0.4, -0.2) is 34.5 Å². The Labute approximate surface area is 120 Å². The predicted octanol–water partition coefficient (Wildman–Crippen LogP) is 1.14. The number of benzene rings is 1. The molecule has 1 saturated carbocycles. The average Bonchev–Trinajstić information content (AvgIpc) is 3.22. The Morgan fingerprint density at radius 1 is 1.43 bits per heavy atom. The fraction of sp³-hybridized carbons (Fsp3) is 0.385. The summed E-state index contributed by atoms with van der Waals surface area (Å²) in [5.74, 6) is -1.66. The van der Waals surface area contributed by atoms with E-state index in [1.165, 1.54) is 18.2 Å². The zero-order valence-corrected chi connectivity index (χ0v) is 11.2. The van der Waals surface area contributed by atoms with Crippen molar-refractivity contribution in [1.82, 2.24) is 0 Å². The number of carbonyl (C=O) groups excluding carboxylic acids is 1. The van der Waals surface area contributed by atoms with Crippen LogP contribution in [0.1, 0.15) is 29.6 Å². The lowest BCUT2D eigenvalue weighted by Gasteiger charge is -2.24. The highest BCUT2D eigenvalue weighted by Gasteiger charge is 2.33. The Morgan fingerprint density at radius 2 is 2.10 bits per heavy atom. The summed E-state index contributed by atoms with van der Waals surface area (Å²) in [6.07, 6.45) is 1.56. The molecule has 0 aromatic heterocycles. The zero-order valence-electron chi connectivity index (χ0n) is 11.2. The Hall–Kier alpha value is -2.64. The van der Waals surface area contributed by atoms with Gasteiger partial charge in [0.2, 0.25) is 5.91 Å². The number of nitro groups is 1. The second-order valence-electron chi connectivity index (χ2n) is 4.89. The monoisotopic (exact) mass is 293 g/mol. The summed E-state index contributed by atoms with van der Waals surface area (Å²) in [5.41, 5.74) is 5.46. The maximum atomic E-state index is 11.2. The summed E-state index contributed by atoms with van der Waals surface area (Å²) in [7, 11) is 0. The molecule has 21 heavy (non-hydrogen) atoms. The highest BCUT2D eigenvalue weighted by molar-refractivity contribution is 5.94. The topological polar surface area (TPSA) is 127 Å². The van der Waals surface area contributed by atoms with E-state index < -0.39 is 16.8 Å². The summed E-state index contributed by atoms with van der Waals surface area (Å²) >= 11 is 0. The minimum absolute atomic E-state index is 0.0752. The fourth-order valence-corrected chi connectivity index (χ4v) is 2.16. The van der Waals surface area contributed by atoms with Crippen molar-refractivity contribution in [3.8, 4) is 0 Å². The number of hydrogen-bond acceptors (Lipinski definition) is 5. The van der Waals surface area contributed by atoms with Crippen molar-refractivity contribution in [2.45, 2.75) is 25.3 Å². The van der Waals surface area contributed by atoms with Crippen LogP contribution < -0.4 is 10.6 Å². The minimum Gasteiger partial charge on any atom is -0.481 e. The van der Waals surface area contributed by atoms with E-state index in [2.05, 4.69) is 0 Å². The Morgan fingerprint density at radius 3 is 2.57 bits per heavy atom. The van der Waals surface area contributed by atoms with E-state index in [1.807, 2.05) is 0 Å². The highest BCUT2D eigenvalue weighted by Crippen LogP contribution is 2.37. The van der Waals surface area contributed by atoms with Gasteiger partial charge in [-0.3, -0.25) is 19.7 Å². The molecule has 0 spiro atoms. The molecule has 0 atom stereocenters. The molecule has 1 aromatic rings. The lowest BCUT2D eigenvalue weighted by atomic mass is 10.1. The van der Waals surface area contributed by atoms with Crippen molar-refractivity contribution in [3.63, 3.8) is 0 Å². The van der Waals surface area contributed by atoms with Crippen LogP contribution in [0.2, 0.25) is 0 Å². The molecule has 0 bridgehead atoms. The normalized spacial score (nSPS) is 13.7. The van der Waals surface area contributed by atoms with Gasteiger partial charge in [0.1, 0.15) is 5.69 Å². The first kappa shape index (κ1) is 14.8. The van der Waals surface area contributed by atoms with Gasteiger partial charge in [0.05, 0.1) is 11.3 Å². The van der Waals surface area contributed by atoms with Gasteiger partial charge in [-0.2, -0.15) is 0 Å². The first-order valence-corrected chi connectivity index (χ1v) is 6.47. The van der Waals surface area contributed by atoms with Crippen LogP contribution in [0.25, 0.3) is 0 Å². The van der Waals surface area contributed by atoms with E-state index in [0.717, 1.165) is 12.8 Å². The molecule has 3 N–H and O–H groups in total. The maximum Gasteiger partial charge on any atom is 0.305 e. The molecular weight excluding hydrogens is 278 g/mol. The molecule has 2 rings (SSSR count). The smallest absolute Gasteiger partial charge is 0.305 e. The van der Waals surface area contributed by atoms with E-state index in [0.29, 0.717) is 0 Å². The van der Waals surface area contributed by atoms with Gasteiger partial charge in [0.25, 0.3) is 5.69 Å². The summed E-state index contributed by atoms with van der Waals surface area (Å²) in [6, 6.07) is 3.96. The van der Waals surface area contributed by atoms with Crippen LogP contribution in [0, 0.1) is 10.1 Å². The van der Waals surface area contributed by atoms with Crippen molar-refractivity contribution in [3.05, 3.63) is 33.9 Å². The molecule has 8 nitrogen and oxygen atoms in total. The van der Waals surface area contributed by atoms with Crippen LogP contribution in [0.15, 0.2) is 18.2 Å². The minimum atomic E-state index is -0.977. The first-order chi connectivity index (χ1) is 9.90. The Kier molecular flexibility index (Phi) is 4.06. The van der Waals surface area contributed by atoms with Crippen molar-refractivity contribution < 1.29 is 19.6 Å². The van der Waals surface area contributed by atoms with Gasteiger partial charge in [0, 0.05) is 24.2 Å². The lowest BCUT2D eigenvalue weighted by Crippen LogP contribution is -2.29. The zero-order chi connectivity index (χ0) is 15.6. The van der Waals surface area contributed by atoms with Crippen molar-refractivity contribution in [1.29, 1.82) is 0 Å². The number of carbonyl (C=O) groups is 2. The van der Waals surface area contributed by atoms with Crippen molar-refractivity contribution >= 4 is 23.3 Å². The van der Waals surface area contributed by atoms with Gasteiger partial charge >= 0.3 is 5.97 Å². The van der Waals surface area contributed by atoms with Crippen molar-refractivity contribution in [2.75, 3.05) is 11.4 Å². The van der Waals surface area contributed by atoms with E-state index >= 15 is 0 Å². The number of carboxylic acid groups (broad SMARTS) is 1. The summed E-state index contributed by atoms with van der Waals surface area (Å²) < 4.78 is 0. The Balaban J connectivity index is 2.40. The van der Waals surface area contributed by atoms with Gasteiger partial charge in [0.15, 0.2) is 0 Å². The number of anilines is 1. The van der Waals surface area contributed by atoms with E-state index in [1.54, 1.807) is 4.90 Å². The van der Waals surface area contributed by atoms with Crippen molar-refractivity contribution in [2.24, 2.45) is 5.73 Å². The average molecular weight is 293 g/mol. The first-order valence-electron chi connectivity index (χ1n) is 6.47.